The Balaban J connectivity index is 1.85. The lowest BCUT2D eigenvalue weighted by Crippen LogP contribution is -2.67. The number of hydrogen-bond acceptors (Lipinski definition) is 5. The van der Waals surface area contributed by atoms with Crippen molar-refractivity contribution in [3.05, 3.63) is 35.9 Å². The van der Waals surface area contributed by atoms with Crippen molar-refractivity contribution in [2.45, 2.75) is 129 Å². The molecule has 1 aromatic carbocycles. The molecule has 0 saturated carbocycles. The molecule has 0 spiro atoms. The lowest BCUT2D eigenvalue weighted by molar-refractivity contribution is -0.106. The molecule has 6 heteroatoms. The first-order valence-corrected chi connectivity index (χ1v) is 16.7. The monoisotopic (exact) mass is 558 g/mol. The number of methoxy groups -OCH3 is 1. The summed E-state index contributed by atoms with van der Waals surface area (Å²) in [4.78, 5) is 0. The first kappa shape index (κ1) is 32.3. The molecule has 0 radical (unpaired) electrons. The maximum atomic E-state index is 7.24. The fourth-order valence-electron chi connectivity index (χ4n) is 6.56. The van der Waals surface area contributed by atoms with Crippen LogP contribution in [0.2, 0.25) is 10.1 Å². The Labute approximate surface area is 239 Å². The SMILES string of the molecule is CO[C@@H]1C[C@H](C)O[C@@H](C#C[C@H](C)[C@@H]2O[Si](C(C)(C)C)(C(C)(C)C)O[C@@H]([C@@H](C)COCc3ccccc3)[C@H]2C)C1. The summed E-state index contributed by atoms with van der Waals surface area (Å²) in [5, 5.41) is -0.236. The van der Waals surface area contributed by atoms with E-state index in [0.717, 1.165) is 12.8 Å². The van der Waals surface area contributed by atoms with Crippen LogP contribution < -0.4 is 0 Å². The molecule has 1 aromatic rings. The largest absolute Gasteiger partial charge is 0.390 e. The zero-order valence-electron chi connectivity index (χ0n) is 26.4. The molecule has 0 amide bonds. The van der Waals surface area contributed by atoms with Crippen molar-refractivity contribution in [1.82, 2.24) is 0 Å². The van der Waals surface area contributed by atoms with Gasteiger partial charge in [-0.25, -0.2) is 0 Å². The zero-order valence-corrected chi connectivity index (χ0v) is 27.4. The Morgan fingerprint density at radius 3 is 2.15 bits per heavy atom. The van der Waals surface area contributed by atoms with Gasteiger partial charge in [-0.15, -0.1) is 0 Å². The van der Waals surface area contributed by atoms with E-state index in [-0.39, 0.29) is 58.4 Å². The van der Waals surface area contributed by atoms with Gasteiger partial charge in [0, 0.05) is 41.4 Å². The van der Waals surface area contributed by atoms with Gasteiger partial charge in [-0.3, -0.25) is 0 Å². The van der Waals surface area contributed by atoms with Crippen molar-refractivity contribution < 1.29 is 23.1 Å². The highest BCUT2D eigenvalue weighted by Crippen LogP contribution is 2.57. The molecule has 0 unspecified atom stereocenters. The molecule has 2 saturated heterocycles. The van der Waals surface area contributed by atoms with Gasteiger partial charge in [0.15, 0.2) is 0 Å². The average Bonchev–Trinajstić information content (AvgIpc) is 2.86. The van der Waals surface area contributed by atoms with Gasteiger partial charge < -0.3 is 23.1 Å². The standard InChI is InChI=1S/C33H54O5Si/c1-23(17-18-28-20-29(34-11)19-25(3)36-28)30-26(4)31(24(2)21-35-22-27-15-13-12-14-16-27)38-39(37-30,32(5,6)7)33(8,9)10/h12-16,23-26,28-31H,19-22H2,1-11H3/t23-,24-,25-,26-,28-,29+,30-,31-/m0/s1. The van der Waals surface area contributed by atoms with Crippen molar-refractivity contribution >= 4 is 8.56 Å². The van der Waals surface area contributed by atoms with Gasteiger partial charge in [0.05, 0.1) is 37.6 Å². The summed E-state index contributed by atoms with van der Waals surface area (Å²) in [6.07, 6.45) is 1.97. The highest BCUT2D eigenvalue weighted by atomic mass is 28.4. The summed E-state index contributed by atoms with van der Waals surface area (Å²) in [5.74, 6) is 7.45. The summed E-state index contributed by atoms with van der Waals surface area (Å²) in [6, 6.07) is 10.4. The molecule has 2 heterocycles. The molecule has 2 fully saturated rings. The van der Waals surface area contributed by atoms with E-state index >= 15 is 0 Å². The molecule has 3 rings (SSSR count). The summed E-state index contributed by atoms with van der Waals surface area (Å²) in [5.41, 5.74) is 1.19. The van der Waals surface area contributed by atoms with Gasteiger partial charge in [0.25, 0.3) is 0 Å². The minimum atomic E-state index is -2.75. The second-order valence-corrected chi connectivity index (χ2v) is 18.7. The third kappa shape index (κ3) is 7.76. The molecule has 0 N–H and O–H groups in total. The molecule has 2 aliphatic rings. The third-order valence-electron chi connectivity index (χ3n) is 8.43. The number of hydrogen-bond donors (Lipinski definition) is 0. The van der Waals surface area contributed by atoms with Crippen molar-refractivity contribution in [2.24, 2.45) is 17.8 Å². The predicted molar refractivity (Wildman–Crippen MR) is 161 cm³/mol. The molecule has 8 atom stereocenters. The van der Waals surface area contributed by atoms with E-state index in [0.29, 0.717) is 13.2 Å². The van der Waals surface area contributed by atoms with E-state index in [2.05, 4.69) is 105 Å². The van der Waals surface area contributed by atoms with Crippen LogP contribution in [0.25, 0.3) is 0 Å². The van der Waals surface area contributed by atoms with E-state index in [1.165, 1.54) is 5.56 Å². The normalized spacial score (nSPS) is 31.2. The number of rotatable bonds is 7. The van der Waals surface area contributed by atoms with Crippen LogP contribution >= 0.6 is 0 Å². The lowest BCUT2D eigenvalue weighted by atomic mass is 9.84. The lowest BCUT2D eigenvalue weighted by Gasteiger charge is -2.58. The molecule has 0 bridgehead atoms. The van der Waals surface area contributed by atoms with E-state index in [4.69, 9.17) is 23.1 Å². The van der Waals surface area contributed by atoms with Crippen molar-refractivity contribution in [3.63, 3.8) is 0 Å². The van der Waals surface area contributed by atoms with E-state index in [1.807, 2.05) is 6.07 Å². The first-order valence-electron chi connectivity index (χ1n) is 14.8. The average molecular weight is 559 g/mol. The fraction of sp³-hybridized carbons (Fsp3) is 0.758. The van der Waals surface area contributed by atoms with Crippen LogP contribution in [0, 0.1) is 29.6 Å². The Morgan fingerprint density at radius 2 is 1.56 bits per heavy atom. The van der Waals surface area contributed by atoms with E-state index in [1.54, 1.807) is 7.11 Å². The van der Waals surface area contributed by atoms with Crippen LogP contribution in [0.15, 0.2) is 30.3 Å². The summed E-state index contributed by atoms with van der Waals surface area (Å²) >= 11 is 0. The first-order chi connectivity index (χ1) is 18.2. The van der Waals surface area contributed by atoms with Crippen LogP contribution in [-0.4, -0.2) is 52.8 Å². The fourth-order valence-corrected chi connectivity index (χ4v) is 11.9. The second kappa shape index (κ2) is 13.2. The molecule has 39 heavy (non-hydrogen) atoms. The molecule has 2 aliphatic heterocycles. The maximum Gasteiger partial charge on any atom is 0.349 e. The van der Waals surface area contributed by atoms with Gasteiger partial charge in [-0.1, -0.05) is 97.6 Å². The molecule has 5 nitrogen and oxygen atoms in total. The summed E-state index contributed by atoms with van der Waals surface area (Å²) in [6.45, 7) is 23.8. The Morgan fingerprint density at radius 1 is 0.949 bits per heavy atom. The molecule has 220 valence electrons. The minimum absolute atomic E-state index is 0.0257. The predicted octanol–water partition coefficient (Wildman–Crippen LogP) is 7.52. The van der Waals surface area contributed by atoms with Crippen molar-refractivity contribution in [1.29, 1.82) is 0 Å². The van der Waals surface area contributed by atoms with Crippen LogP contribution in [0.4, 0.5) is 0 Å². The van der Waals surface area contributed by atoms with E-state index in [9.17, 15) is 0 Å². The molecule has 0 aliphatic carbocycles. The number of benzene rings is 1. The molecule has 0 aromatic heterocycles. The molecular weight excluding hydrogens is 504 g/mol. The van der Waals surface area contributed by atoms with Gasteiger partial charge in [-0.2, -0.15) is 0 Å². The van der Waals surface area contributed by atoms with Gasteiger partial charge in [0.1, 0.15) is 6.10 Å². The van der Waals surface area contributed by atoms with Gasteiger partial charge in [-0.05, 0) is 25.8 Å². The smallest absolute Gasteiger partial charge is 0.349 e. The Kier molecular flexibility index (Phi) is 10.9. The highest BCUT2D eigenvalue weighted by Gasteiger charge is 2.64. The topological polar surface area (TPSA) is 46.2 Å². The van der Waals surface area contributed by atoms with Crippen LogP contribution in [0.1, 0.15) is 87.6 Å². The Hall–Kier alpha value is -1.20. The minimum Gasteiger partial charge on any atom is -0.390 e. The zero-order chi connectivity index (χ0) is 29.0. The van der Waals surface area contributed by atoms with Gasteiger partial charge in [0.2, 0.25) is 0 Å². The second-order valence-electron chi connectivity index (χ2n) is 14.0. The van der Waals surface area contributed by atoms with Crippen LogP contribution in [0.5, 0.6) is 0 Å². The van der Waals surface area contributed by atoms with Crippen molar-refractivity contribution in [3.8, 4) is 11.8 Å². The maximum absolute atomic E-state index is 7.24. The molecular formula is C33H54O5Si. The van der Waals surface area contributed by atoms with Gasteiger partial charge >= 0.3 is 8.56 Å². The van der Waals surface area contributed by atoms with E-state index < -0.39 is 8.56 Å². The summed E-state index contributed by atoms with van der Waals surface area (Å²) < 4.78 is 32.5. The quantitative estimate of drug-likeness (QED) is 0.256. The third-order valence-corrected chi connectivity index (χ3v) is 13.6. The van der Waals surface area contributed by atoms with Crippen molar-refractivity contribution in [2.75, 3.05) is 13.7 Å². The number of ether oxygens (including phenoxy) is 3. The highest BCUT2D eigenvalue weighted by molar-refractivity contribution is 6.73. The van der Waals surface area contributed by atoms with Crippen LogP contribution in [-0.2, 0) is 29.7 Å². The summed E-state index contributed by atoms with van der Waals surface area (Å²) in [7, 11) is -0.974. The Bertz CT molecular complexity index is 942. The van der Waals surface area contributed by atoms with Crippen LogP contribution in [0.3, 0.4) is 0 Å².